The lowest BCUT2D eigenvalue weighted by molar-refractivity contribution is 0.159. The normalized spacial score (nSPS) is 24.6. The molecular weight excluding hydrogens is 227 g/mol. The van der Waals surface area contributed by atoms with E-state index in [2.05, 4.69) is 0 Å². The SMILES string of the molecule is NC(=O)N1CCC1[Si](Cl)(Cl)Cl. The van der Waals surface area contributed by atoms with Gasteiger partial charge in [-0.15, -0.1) is 33.2 Å². The van der Waals surface area contributed by atoms with E-state index in [1.807, 2.05) is 0 Å². The molecule has 2 N–H and O–H groups in total. The zero-order valence-electron chi connectivity index (χ0n) is 5.56. The summed E-state index contributed by atoms with van der Waals surface area (Å²) < 4.78 is 0. The van der Waals surface area contributed by atoms with Crippen LogP contribution in [0.15, 0.2) is 0 Å². The van der Waals surface area contributed by atoms with Crippen LogP contribution in [-0.2, 0) is 0 Å². The molecule has 0 aliphatic carbocycles. The molecule has 64 valence electrons. The van der Waals surface area contributed by atoms with Gasteiger partial charge >= 0.3 is 12.0 Å². The Morgan fingerprint density at radius 1 is 1.55 bits per heavy atom. The Hall–Kier alpha value is 0.357. The van der Waals surface area contributed by atoms with Crippen molar-refractivity contribution in [1.82, 2.24) is 4.90 Å². The van der Waals surface area contributed by atoms with Crippen molar-refractivity contribution in [1.29, 1.82) is 0 Å². The van der Waals surface area contributed by atoms with Gasteiger partial charge in [0, 0.05) is 6.54 Å². The Bertz CT molecular complexity index is 183. The van der Waals surface area contributed by atoms with Gasteiger partial charge in [0.15, 0.2) is 0 Å². The summed E-state index contributed by atoms with van der Waals surface area (Å²) in [6.45, 7) is 0.612. The standard InChI is InChI=1S/C4H7Cl3N2OSi/c5-11(6,7)3-1-2-9(3)4(8)10/h3H,1-2H2,(H2,8,10). The number of hydrogen-bond donors (Lipinski definition) is 1. The molecule has 1 unspecified atom stereocenters. The van der Waals surface area contributed by atoms with E-state index in [1.165, 1.54) is 4.90 Å². The van der Waals surface area contributed by atoms with Crippen molar-refractivity contribution in [3.63, 3.8) is 0 Å². The van der Waals surface area contributed by atoms with Crippen LogP contribution in [0.4, 0.5) is 4.79 Å². The van der Waals surface area contributed by atoms with Gasteiger partial charge < -0.3 is 10.6 Å². The van der Waals surface area contributed by atoms with Crippen LogP contribution in [0.5, 0.6) is 0 Å². The van der Waals surface area contributed by atoms with Crippen LogP contribution in [0.25, 0.3) is 0 Å². The van der Waals surface area contributed by atoms with E-state index in [1.54, 1.807) is 0 Å². The van der Waals surface area contributed by atoms with Crippen LogP contribution in [0.1, 0.15) is 6.42 Å². The Morgan fingerprint density at radius 2 is 2.09 bits per heavy atom. The number of nitrogens with two attached hydrogens (primary N) is 1. The summed E-state index contributed by atoms with van der Waals surface area (Å²) in [5.41, 5.74) is 4.80. The van der Waals surface area contributed by atoms with Gasteiger partial charge in [-0.05, 0) is 6.42 Å². The number of halogens is 3. The summed E-state index contributed by atoms with van der Waals surface area (Å²) in [6.07, 6.45) is 0.756. The molecule has 0 aromatic heterocycles. The minimum atomic E-state index is -2.76. The van der Waals surface area contributed by atoms with Crippen molar-refractivity contribution in [3.05, 3.63) is 0 Å². The highest BCUT2D eigenvalue weighted by molar-refractivity contribution is 7.65. The molecule has 1 rings (SSSR count). The fourth-order valence-electron chi connectivity index (χ4n) is 0.991. The van der Waals surface area contributed by atoms with Crippen LogP contribution >= 0.6 is 33.2 Å². The Morgan fingerprint density at radius 3 is 2.18 bits per heavy atom. The first-order valence-corrected chi connectivity index (χ1v) is 8.17. The number of urea groups is 1. The van der Waals surface area contributed by atoms with E-state index >= 15 is 0 Å². The van der Waals surface area contributed by atoms with Gasteiger partial charge in [0.2, 0.25) is 0 Å². The van der Waals surface area contributed by atoms with E-state index < -0.39 is 12.0 Å². The second kappa shape index (κ2) is 3.01. The molecule has 1 heterocycles. The molecule has 0 spiro atoms. The highest BCUT2D eigenvalue weighted by atomic mass is 35.8. The van der Waals surface area contributed by atoms with Crippen molar-refractivity contribution in [3.8, 4) is 0 Å². The molecule has 0 aromatic carbocycles. The third kappa shape index (κ3) is 1.93. The molecule has 1 atom stereocenters. The van der Waals surface area contributed by atoms with Gasteiger partial charge in [-0.2, -0.15) is 0 Å². The fraction of sp³-hybridized carbons (Fsp3) is 0.750. The van der Waals surface area contributed by atoms with Gasteiger partial charge in [-0.1, -0.05) is 0 Å². The van der Waals surface area contributed by atoms with E-state index in [0.29, 0.717) is 6.54 Å². The van der Waals surface area contributed by atoms with Gasteiger partial charge in [0.25, 0.3) is 0 Å². The van der Waals surface area contributed by atoms with Crippen LogP contribution in [0.2, 0.25) is 0 Å². The van der Waals surface area contributed by atoms with E-state index in [0.717, 1.165) is 6.42 Å². The van der Waals surface area contributed by atoms with Crippen molar-refractivity contribution in [2.45, 2.75) is 12.1 Å². The van der Waals surface area contributed by atoms with Crippen molar-refractivity contribution < 1.29 is 4.79 Å². The van der Waals surface area contributed by atoms with Crippen molar-refractivity contribution >= 4 is 45.3 Å². The molecule has 1 saturated heterocycles. The first kappa shape index (κ1) is 9.44. The average Bonchev–Trinajstić information content (AvgIpc) is 1.51. The third-order valence-electron chi connectivity index (χ3n) is 1.68. The molecule has 1 fully saturated rings. The highest BCUT2D eigenvalue weighted by Gasteiger charge is 2.47. The third-order valence-corrected chi connectivity index (χ3v) is 5.30. The summed E-state index contributed by atoms with van der Waals surface area (Å²) in [6, 6.07) is -3.26. The monoisotopic (exact) mass is 232 g/mol. The average molecular weight is 234 g/mol. The molecule has 0 radical (unpaired) electrons. The van der Waals surface area contributed by atoms with Gasteiger partial charge in [0.1, 0.15) is 0 Å². The second-order valence-electron chi connectivity index (χ2n) is 2.38. The first-order valence-electron chi connectivity index (χ1n) is 3.05. The number of nitrogens with zero attached hydrogens (tertiary/aromatic N) is 1. The van der Waals surface area contributed by atoms with Crippen molar-refractivity contribution in [2.75, 3.05) is 6.54 Å². The summed E-state index contributed by atoms with van der Waals surface area (Å²) in [7, 11) is 0. The Kier molecular flexibility index (Phi) is 2.58. The number of hydrogen-bond acceptors (Lipinski definition) is 1. The molecule has 0 bridgehead atoms. The van der Waals surface area contributed by atoms with E-state index in [4.69, 9.17) is 39.0 Å². The zero-order chi connectivity index (χ0) is 8.65. The van der Waals surface area contributed by atoms with E-state index in [9.17, 15) is 4.79 Å². The zero-order valence-corrected chi connectivity index (χ0v) is 8.83. The maximum Gasteiger partial charge on any atom is 0.362 e. The van der Waals surface area contributed by atoms with Gasteiger partial charge in [-0.25, -0.2) is 4.79 Å². The lowest BCUT2D eigenvalue weighted by atomic mass is 10.2. The molecule has 1 aliphatic heterocycles. The molecule has 3 nitrogen and oxygen atoms in total. The smallest absolute Gasteiger partial charge is 0.351 e. The highest BCUT2D eigenvalue weighted by Crippen LogP contribution is 2.34. The summed E-state index contributed by atoms with van der Waals surface area (Å²) >= 11 is 17.1. The number of amides is 2. The van der Waals surface area contributed by atoms with Crippen LogP contribution < -0.4 is 5.73 Å². The second-order valence-corrected chi connectivity index (χ2v) is 11.2. The number of carbonyl (C=O) groups is 1. The van der Waals surface area contributed by atoms with Crippen molar-refractivity contribution in [2.24, 2.45) is 5.73 Å². The molecule has 2 amide bonds. The maximum absolute atomic E-state index is 10.6. The predicted octanol–water partition coefficient (Wildman–Crippen LogP) is 1.33. The molecule has 0 saturated carbocycles. The Balaban J connectivity index is 2.57. The minimum Gasteiger partial charge on any atom is -0.351 e. The van der Waals surface area contributed by atoms with Gasteiger partial charge in [0.05, 0.1) is 5.67 Å². The summed E-state index contributed by atoms with van der Waals surface area (Å²) in [4.78, 5) is 12.0. The first-order chi connectivity index (χ1) is 4.93. The summed E-state index contributed by atoms with van der Waals surface area (Å²) in [5.74, 6) is 0. The molecule has 11 heavy (non-hydrogen) atoms. The summed E-state index contributed by atoms with van der Waals surface area (Å²) in [5, 5.41) is 0. The van der Waals surface area contributed by atoms with Crippen LogP contribution in [0, 0.1) is 0 Å². The van der Waals surface area contributed by atoms with E-state index in [-0.39, 0.29) is 5.67 Å². The lowest BCUT2D eigenvalue weighted by Gasteiger charge is -2.42. The fourth-order valence-corrected chi connectivity index (χ4v) is 4.10. The molecule has 7 heteroatoms. The molecule has 1 aliphatic rings. The molecule has 0 aromatic rings. The largest absolute Gasteiger partial charge is 0.362 e. The topological polar surface area (TPSA) is 46.3 Å². The number of rotatable bonds is 1. The predicted molar refractivity (Wildman–Crippen MR) is 48.0 cm³/mol. The van der Waals surface area contributed by atoms with Gasteiger partial charge in [-0.3, -0.25) is 0 Å². The number of likely N-dealkylation sites (tertiary alicyclic amines) is 1. The number of carbonyl (C=O) groups excluding carboxylic acids is 1. The molecular formula is C4H7Cl3N2OSi. The maximum atomic E-state index is 10.6. The Labute approximate surface area is 79.5 Å². The van der Waals surface area contributed by atoms with Crippen LogP contribution in [0.3, 0.4) is 0 Å². The van der Waals surface area contributed by atoms with Crippen LogP contribution in [-0.4, -0.2) is 29.1 Å². The lowest BCUT2D eigenvalue weighted by Crippen LogP contribution is -2.60. The minimum absolute atomic E-state index is 0.218. The number of primary amides is 1. The quantitative estimate of drug-likeness (QED) is 0.539.